The highest BCUT2D eigenvalue weighted by molar-refractivity contribution is 5.82. The molecule has 1 amide bonds. The summed E-state index contributed by atoms with van der Waals surface area (Å²) in [5, 5.41) is 10.2. The molecule has 0 spiro atoms. The summed E-state index contributed by atoms with van der Waals surface area (Å²) in [6, 6.07) is -0.333. The SMILES string of the molecule is CC(NC(=O)[C@H]1NCCO[C@@H]1C)c1cnn(C)c1. The number of hydrogen-bond donors (Lipinski definition) is 2. The van der Waals surface area contributed by atoms with E-state index in [2.05, 4.69) is 15.7 Å². The number of carbonyl (C=O) groups excluding carboxylic acids is 1. The van der Waals surface area contributed by atoms with Crippen LogP contribution in [0.25, 0.3) is 0 Å². The number of morpholine rings is 1. The van der Waals surface area contributed by atoms with Crippen LogP contribution in [-0.4, -0.2) is 41.0 Å². The van der Waals surface area contributed by atoms with Crippen LogP contribution in [0.4, 0.5) is 0 Å². The van der Waals surface area contributed by atoms with Crippen LogP contribution >= 0.6 is 0 Å². The predicted molar refractivity (Wildman–Crippen MR) is 67.0 cm³/mol. The maximum Gasteiger partial charge on any atom is 0.240 e. The third kappa shape index (κ3) is 2.88. The van der Waals surface area contributed by atoms with E-state index in [4.69, 9.17) is 4.74 Å². The predicted octanol–water partition coefficient (Wildman–Crippen LogP) is -0.0258. The van der Waals surface area contributed by atoms with E-state index in [1.807, 2.05) is 27.1 Å². The monoisotopic (exact) mass is 252 g/mol. The molecule has 1 fully saturated rings. The van der Waals surface area contributed by atoms with Gasteiger partial charge in [-0.3, -0.25) is 9.48 Å². The first-order chi connectivity index (χ1) is 8.58. The molecule has 18 heavy (non-hydrogen) atoms. The number of rotatable bonds is 3. The first-order valence-electron chi connectivity index (χ1n) is 6.22. The Hall–Kier alpha value is -1.40. The van der Waals surface area contributed by atoms with Crippen LogP contribution in [0, 0.1) is 0 Å². The van der Waals surface area contributed by atoms with Crippen molar-refractivity contribution >= 4 is 5.91 Å². The Labute approximate surface area is 107 Å². The Bertz CT molecular complexity index is 418. The minimum absolute atomic E-state index is 0.0291. The summed E-state index contributed by atoms with van der Waals surface area (Å²) < 4.78 is 7.19. The average molecular weight is 252 g/mol. The molecule has 0 aliphatic carbocycles. The van der Waals surface area contributed by atoms with E-state index in [1.165, 1.54) is 0 Å². The van der Waals surface area contributed by atoms with Crippen molar-refractivity contribution in [3.63, 3.8) is 0 Å². The van der Waals surface area contributed by atoms with Crippen LogP contribution in [0.3, 0.4) is 0 Å². The summed E-state index contributed by atoms with van der Waals surface area (Å²) in [4.78, 5) is 12.1. The molecule has 1 unspecified atom stereocenters. The first-order valence-corrected chi connectivity index (χ1v) is 6.22. The number of nitrogens with zero attached hydrogens (tertiary/aromatic N) is 2. The molecule has 2 rings (SSSR count). The standard InChI is InChI=1S/C12H20N4O2/c1-8(10-6-14-16(3)7-10)15-12(17)11-9(2)18-5-4-13-11/h6-9,11,13H,4-5H2,1-3H3,(H,15,17)/t8?,9-,11+/m1/s1. The highest BCUT2D eigenvalue weighted by Crippen LogP contribution is 2.12. The van der Waals surface area contributed by atoms with Crippen LogP contribution in [0.15, 0.2) is 12.4 Å². The fraction of sp³-hybridized carbons (Fsp3) is 0.667. The van der Waals surface area contributed by atoms with E-state index >= 15 is 0 Å². The Kier molecular flexibility index (Phi) is 3.98. The zero-order valence-electron chi connectivity index (χ0n) is 11.0. The molecule has 3 atom stereocenters. The van der Waals surface area contributed by atoms with Gasteiger partial charge in [0, 0.05) is 25.4 Å². The van der Waals surface area contributed by atoms with Gasteiger partial charge in [0.15, 0.2) is 0 Å². The second-order valence-corrected chi connectivity index (χ2v) is 4.69. The zero-order valence-corrected chi connectivity index (χ0v) is 11.0. The van der Waals surface area contributed by atoms with Gasteiger partial charge in [-0.1, -0.05) is 0 Å². The van der Waals surface area contributed by atoms with E-state index in [-0.39, 0.29) is 24.1 Å². The van der Waals surface area contributed by atoms with Crippen molar-refractivity contribution in [2.45, 2.75) is 32.0 Å². The van der Waals surface area contributed by atoms with Crippen molar-refractivity contribution < 1.29 is 9.53 Å². The van der Waals surface area contributed by atoms with E-state index in [1.54, 1.807) is 10.9 Å². The third-order valence-electron chi connectivity index (χ3n) is 3.18. The van der Waals surface area contributed by atoms with Crippen molar-refractivity contribution in [2.24, 2.45) is 7.05 Å². The highest BCUT2D eigenvalue weighted by atomic mass is 16.5. The number of aromatic nitrogens is 2. The van der Waals surface area contributed by atoms with Gasteiger partial charge >= 0.3 is 0 Å². The molecule has 1 saturated heterocycles. The maximum absolute atomic E-state index is 12.1. The summed E-state index contributed by atoms with van der Waals surface area (Å²) in [6.45, 7) is 5.22. The van der Waals surface area contributed by atoms with Gasteiger partial charge in [0.25, 0.3) is 0 Å². The van der Waals surface area contributed by atoms with Crippen LogP contribution in [0.2, 0.25) is 0 Å². The van der Waals surface area contributed by atoms with E-state index < -0.39 is 0 Å². The fourth-order valence-electron chi connectivity index (χ4n) is 2.08. The molecule has 1 aromatic heterocycles. The second kappa shape index (κ2) is 5.49. The maximum atomic E-state index is 12.1. The van der Waals surface area contributed by atoms with Crippen molar-refractivity contribution in [3.05, 3.63) is 18.0 Å². The minimum Gasteiger partial charge on any atom is -0.375 e. The lowest BCUT2D eigenvalue weighted by Crippen LogP contribution is -2.55. The lowest BCUT2D eigenvalue weighted by atomic mass is 10.1. The number of carbonyl (C=O) groups is 1. The van der Waals surface area contributed by atoms with E-state index in [0.717, 1.165) is 5.56 Å². The summed E-state index contributed by atoms with van der Waals surface area (Å²) in [7, 11) is 1.86. The fourth-order valence-corrected chi connectivity index (χ4v) is 2.08. The summed E-state index contributed by atoms with van der Waals surface area (Å²) in [6.07, 6.45) is 3.57. The Morgan fingerprint density at radius 1 is 1.72 bits per heavy atom. The van der Waals surface area contributed by atoms with Crippen LogP contribution in [0.5, 0.6) is 0 Å². The molecule has 2 N–H and O–H groups in total. The zero-order chi connectivity index (χ0) is 13.1. The number of aryl methyl sites for hydroxylation is 1. The molecule has 0 radical (unpaired) electrons. The Morgan fingerprint density at radius 3 is 3.11 bits per heavy atom. The van der Waals surface area contributed by atoms with Gasteiger partial charge in [-0.05, 0) is 13.8 Å². The number of ether oxygens (including phenoxy) is 1. The molecule has 1 aliphatic heterocycles. The van der Waals surface area contributed by atoms with Crippen LogP contribution in [-0.2, 0) is 16.6 Å². The Morgan fingerprint density at radius 2 is 2.50 bits per heavy atom. The van der Waals surface area contributed by atoms with E-state index in [0.29, 0.717) is 13.2 Å². The van der Waals surface area contributed by atoms with Gasteiger partial charge in [0.05, 0.1) is 24.9 Å². The molecular weight excluding hydrogens is 232 g/mol. The molecule has 6 heteroatoms. The number of nitrogens with one attached hydrogen (secondary N) is 2. The summed E-state index contributed by atoms with van der Waals surface area (Å²) in [5.41, 5.74) is 0.996. The highest BCUT2D eigenvalue weighted by Gasteiger charge is 2.29. The van der Waals surface area contributed by atoms with Crippen LogP contribution in [0.1, 0.15) is 25.5 Å². The van der Waals surface area contributed by atoms with Crippen molar-refractivity contribution in [1.82, 2.24) is 20.4 Å². The second-order valence-electron chi connectivity index (χ2n) is 4.69. The van der Waals surface area contributed by atoms with Gasteiger partial charge in [-0.2, -0.15) is 5.10 Å². The van der Waals surface area contributed by atoms with Gasteiger partial charge in [-0.15, -0.1) is 0 Å². The molecule has 100 valence electrons. The van der Waals surface area contributed by atoms with Gasteiger partial charge in [0.1, 0.15) is 6.04 Å². The van der Waals surface area contributed by atoms with Crippen molar-refractivity contribution in [3.8, 4) is 0 Å². The lowest BCUT2D eigenvalue weighted by molar-refractivity contribution is -0.129. The molecule has 1 aromatic rings. The molecule has 2 heterocycles. The largest absolute Gasteiger partial charge is 0.375 e. The third-order valence-corrected chi connectivity index (χ3v) is 3.18. The molecular formula is C12H20N4O2. The van der Waals surface area contributed by atoms with Gasteiger partial charge < -0.3 is 15.4 Å². The quantitative estimate of drug-likeness (QED) is 0.793. The smallest absolute Gasteiger partial charge is 0.240 e. The molecule has 6 nitrogen and oxygen atoms in total. The minimum atomic E-state index is -0.280. The molecule has 0 bridgehead atoms. The van der Waals surface area contributed by atoms with Crippen LogP contribution < -0.4 is 10.6 Å². The molecule has 0 aromatic carbocycles. The number of hydrogen-bond acceptors (Lipinski definition) is 4. The van der Waals surface area contributed by atoms with Crippen molar-refractivity contribution in [1.29, 1.82) is 0 Å². The lowest BCUT2D eigenvalue weighted by Gasteiger charge is -2.30. The molecule has 1 aliphatic rings. The summed E-state index contributed by atoms with van der Waals surface area (Å²) in [5.74, 6) is -0.0291. The number of amides is 1. The Balaban J connectivity index is 1.94. The van der Waals surface area contributed by atoms with Crippen molar-refractivity contribution in [2.75, 3.05) is 13.2 Å². The summed E-state index contributed by atoms with van der Waals surface area (Å²) >= 11 is 0. The molecule has 0 saturated carbocycles. The first kappa shape index (κ1) is 13.0. The average Bonchev–Trinajstić information content (AvgIpc) is 2.76. The topological polar surface area (TPSA) is 68.2 Å². The van der Waals surface area contributed by atoms with Gasteiger partial charge in [-0.25, -0.2) is 0 Å². The van der Waals surface area contributed by atoms with Gasteiger partial charge in [0.2, 0.25) is 5.91 Å². The van der Waals surface area contributed by atoms with E-state index in [9.17, 15) is 4.79 Å². The normalized spacial score (nSPS) is 25.7.